The summed E-state index contributed by atoms with van der Waals surface area (Å²) in [5.41, 5.74) is 0. The average molecular weight is 276 g/mol. The fraction of sp³-hybridized carbons (Fsp3) is 0.909. The zero-order valence-electron chi connectivity index (χ0n) is 10.6. The molecule has 0 aliphatic heterocycles. The van der Waals surface area contributed by atoms with Gasteiger partial charge in [0.15, 0.2) is 0 Å². The number of nitrogens with zero attached hydrogens (tertiary/aromatic N) is 2. The van der Waals surface area contributed by atoms with Crippen LogP contribution in [0.5, 0.6) is 0 Å². The van der Waals surface area contributed by atoms with Crippen LogP contribution in [0.25, 0.3) is 0 Å². The van der Waals surface area contributed by atoms with E-state index in [2.05, 4.69) is 0 Å². The summed E-state index contributed by atoms with van der Waals surface area (Å²) in [4.78, 5) is 10.5. The van der Waals surface area contributed by atoms with E-state index in [-0.39, 0.29) is 19.0 Å². The van der Waals surface area contributed by atoms with E-state index in [0.29, 0.717) is 12.5 Å². The van der Waals surface area contributed by atoms with Gasteiger partial charge in [0.25, 0.3) is 10.2 Å². The second-order valence-corrected chi connectivity index (χ2v) is 7.21. The molecule has 0 radical (unpaired) electrons. The van der Waals surface area contributed by atoms with Crippen molar-refractivity contribution in [1.29, 1.82) is 0 Å². The van der Waals surface area contributed by atoms with Crippen molar-refractivity contribution in [2.24, 2.45) is 5.92 Å². The van der Waals surface area contributed by atoms with Crippen LogP contribution in [0.1, 0.15) is 32.1 Å². The minimum Gasteiger partial charge on any atom is -0.481 e. The Balaban J connectivity index is 1.98. The number of hydrogen-bond acceptors (Lipinski definition) is 3. The lowest BCUT2D eigenvalue weighted by Gasteiger charge is -2.27. The molecule has 0 unspecified atom stereocenters. The van der Waals surface area contributed by atoms with Crippen LogP contribution < -0.4 is 0 Å². The Morgan fingerprint density at radius 2 is 1.89 bits per heavy atom. The number of aliphatic carboxylic acids is 1. The van der Waals surface area contributed by atoms with E-state index in [1.54, 1.807) is 4.31 Å². The second kappa shape index (κ2) is 5.14. The summed E-state index contributed by atoms with van der Waals surface area (Å²) < 4.78 is 27.4. The standard InChI is InChI=1S/C11H20N2O4S/c1-12(7-6-11(14)15)18(16,17)13(10-4-5-10)8-9-2-3-9/h9-10H,2-8H2,1H3,(H,14,15). The summed E-state index contributed by atoms with van der Waals surface area (Å²) in [5.74, 6) is -0.467. The molecular formula is C11H20N2O4S. The zero-order chi connectivity index (χ0) is 13.3. The molecule has 0 bridgehead atoms. The molecule has 104 valence electrons. The van der Waals surface area contributed by atoms with E-state index in [1.807, 2.05) is 0 Å². The molecule has 2 aliphatic carbocycles. The Morgan fingerprint density at radius 1 is 1.28 bits per heavy atom. The predicted molar refractivity (Wildman–Crippen MR) is 66.3 cm³/mol. The normalized spacial score (nSPS) is 20.6. The van der Waals surface area contributed by atoms with Gasteiger partial charge in [-0.25, -0.2) is 0 Å². The maximum atomic E-state index is 12.3. The number of hydrogen-bond donors (Lipinski definition) is 1. The third kappa shape index (κ3) is 3.43. The van der Waals surface area contributed by atoms with Crippen molar-refractivity contribution in [2.45, 2.75) is 38.1 Å². The Hall–Kier alpha value is -0.660. The van der Waals surface area contributed by atoms with Crippen LogP contribution in [0.4, 0.5) is 0 Å². The van der Waals surface area contributed by atoms with Gasteiger partial charge in [0.05, 0.1) is 6.42 Å². The molecule has 0 aromatic carbocycles. The topological polar surface area (TPSA) is 77.9 Å². The monoisotopic (exact) mass is 276 g/mol. The molecule has 7 heteroatoms. The maximum absolute atomic E-state index is 12.3. The second-order valence-electron chi connectivity index (χ2n) is 5.22. The lowest BCUT2D eigenvalue weighted by Crippen LogP contribution is -2.44. The van der Waals surface area contributed by atoms with Crippen LogP contribution in [0.2, 0.25) is 0 Å². The summed E-state index contributed by atoms with van der Waals surface area (Å²) in [7, 11) is -2.03. The quantitative estimate of drug-likeness (QED) is 0.701. The van der Waals surface area contributed by atoms with E-state index in [4.69, 9.17) is 5.11 Å². The van der Waals surface area contributed by atoms with Gasteiger partial charge < -0.3 is 5.11 Å². The Morgan fingerprint density at radius 3 is 2.33 bits per heavy atom. The average Bonchev–Trinajstić information content (AvgIpc) is 3.14. The van der Waals surface area contributed by atoms with Gasteiger partial charge in [-0.1, -0.05) is 0 Å². The Labute approximate surface area is 108 Å². The molecule has 0 aromatic heterocycles. The molecular weight excluding hydrogens is 256 g/mol. The van der Waals surface area contributed by atoms with Crippen molar-refractivity contribution in [1.82, 2.24) is 8.61 Å². The lowest BCUT2D eigenvalue weighted by atomic mass is 10.4. The lowest BCUT2D eigenvalue weighted by molar-refractivity contribution is -0.137. The van der Waals surface area contributed by atoms with Gasteiger partial charge in [0, 0.05) is 26.2 Å². The summed E-state index contributed by atoms with van der Waals surface area (Å²) in [5, 5.41) is 8.61. The summed E-state index contributed by atoms with van der Waals surface area (Å²) >= 11 is 0. The van der Waals surface area contributed by atoms with Crippen molar-refractivity contribution in [3.63, 3.8) is 0 Å². The van der Waals surface area contributed by atoms with Crippen LogP contribution in [0, 0.1) is 5.92 Å². The van der Waals surface area contributed by atoms with Gasteiger partial charge in [0.2, 0.25) is 0 Å². The van der Waals surface area contributed by atoms with Gasteiger partial charge in [-0.15, -0.1) is 0 Å². The van der Waals surface area contributed by atoms with Crippen molar-refractivity contribution in [3.05, 3.63) is 0 Å². The summed E-state index contributed by atoms with van der Waals surface area (Å²) in [6.45, 7) is 0.635. The highest BCUT2D eigenvalue weighted by atomic mass is 32.2. The van der Waals surface area contributed by atoms with Crippen LogP contribution in [-0.2, 0) is 15.0 Å². The van der Waals surface area contributed by atoms with Crippen LogP contribution in [-0.4, -0.2) is 54.3 Å². The maximum Gasteiger partial charge on any atom is 0.304 e. The third-order valence-corrected chi connectivity index (χ3v) is 5.43. The largest absolute Gasteiger partial charge is 0.481 e. The van der Waals surface area contributed by atoms with Crippen molar-refractivity contribution < 1.29 is 18.3 Å². The third-order valence-electron chi connectivity index (χ3n) is 3.42. The molecule has 0 heterocycles. The molecule has 1 N–H and O–H groups in total. The number of rotatable bonds is 8. The summed E-state index contributed by atoms with van der Waals surface area (Å²) in [6, 6.07) is 0.142. The van der Waals surface area contributed by atoms with Gasteiger partial charge in [0.1, 0.15) is 0 Å². The van der Waals surface area contributed by atoms with Crippen LogP contribution in [0.15, 0.2) is 0 Å². The molecule has 6 nitrogen and oxygen atoms in total. The number of carboxylic acids is 1. The van der Waals surface area contributed by atoms with Gasteiger partial charge in [-0.05, 0) is 31.6 Å². The minimum absolute atomic E-state index is 0.0333. The molecule has 2 fully saturated rings. The number of carboxylic acid groups (broad SMARTS) is 1. The molecule has 0 amide bonds. The molecule has 0 aromatic rings. The van der Waals surface area contributed by atoms with E-state index < -0.39 is 16.2 Å². The van der Waals surface area contributed by atoms with Crippen LogP contribution in [0.3, 0.4) is 0 Å². The first-order valence-electron chi connectivity index (χ1n) is 6.36. The molecule has 0 atom stereocenters. The smallest absolute Gasteiger partial charge is 0.304 e. The zero-order valence-corrected chi connectivity index (χ0v) is 11.4. The molecule has 0 spiro atoms. The highest BCUT2D eigenvalue weighted by molar-refractivity contribution is 7.86. The predicted octanol–water partition coefficient (Wildman–Crippen LogP) is 0.512. The Kier molecular flexibility index (Phi) is 3.93. The highest BCUT2D eigenvalue weighted by Crippen LogP contribution is 2.36. The minimum atomic E-state index is -3.49. The van der Waals surface area contributed by atoms with Gasteiger partial charge in [-0.2, -0.15) is 17.0 Å². The van der Waals surface area contributed by atoms with Crippen molar-refractivity contribution in [3.8, 4) is 0 Å². The van der Waals surface area contributed by atoms with E-state index in [1.165, 1.54) is 11.4 Å². The first-order chi connectivity index (χ1) is 8.41. The number of carbonyl (C=O) groups is 1. The summed E-state index contributed by atoms with van der Waals surface area (Å²) in [6.07, 6.45) is 3.92. The van der Waals surface area contributed by atoms with E-state index in [9.17, 15) is 13.2 Å². The molecule has 18 heavy (non-hydrogen) atoms. The van der Waals surface area contributed by atoms with Crippen LogP contribution >= 0.6 is 0 Å². The molecule has 2 rings (SSSR count). The first-order valence-corrected chi connectivity index (χ1v) is 7.76. The van der Waals surface area contributed by atoms with Gasteiger partial charge >= 0.3 is 5.97 Å². The molecule has 2 aliphatic rings. The van der Waals surface area contributed by atoms with E-state index in [0.717, 1.165) is 25.7 Å². The Bertz CT molecular complexity index is 415. The highest BCUT2D eigenvalue weighted by Gasteiger charge is 2.41. The van der Waals surface area contributed by atoms with E-state index >= 15 is 0 Å². The first kappa shape index (κ1) is 13.8. The van der Waals surface area contributed by atoms with Crippen molar-refractivity contribution in [2.75, 3.05) is 20.1 Å². The fourth-order valence-corrected chi connectivity index (χ4v) is 3.56. The van der Waals surface area contributed by atoms with Gasteiger partial charge in [-0.3, -0.25) is 4.79 Å². The SMILES string of the molecule is CN(CCC(=O)O)S(=O)(=O)N(CC1CC1)C1CC1. The fourth-order valence-electron chi connectivity index (χ4n) is 1.90. The molecule has 2 saturated carbocycles. The molecule has 0 saturated heterocycles. The van der Waals surface area contributed by atoms with Crippen molar-refractivity contribution >= 4 is 16.2 Å².